The first kappa shape index (κ1) is 16.4. The van der Waals surface area contributed by atoms with E-state index in [-0.39, 0.29) is 10.8 Å². The Hall–Kier alpha value is -1.93. The molecular weight excluding hydrogens is 331 g/mol. The Morgan fingerprint density at radius 1 is 1.18 bits per heavy atom. The van der Waals surface area contributed by atoms with Crippen molar-refractivity contribution in [2.75, 3.05) is 5.32 Å². The van der Waals surface area contributed by atoms with E-state index in [1.165, 1.54) is 29.5 Å². The standard InChI is InChI=1S/C14H12F3N3S2/c1-9(12-7-4-8-22-12)19-20-13(21)18-11-6-3-2-5-10(11)14(15,16)17/h2-8H,1H3,(H2,18,20,21)/b19-9-. The highest BCUT2D eigenvalue weighted by molar-refractivity contribution is 7.80. The lowest BCUT2D eigenvalue weighted by Gasteiger charge is -2.14. The fourth-order valence-electron chi connectivity index (χ4n) is 1.66. The number of nitrogens with one attached hydrogen (secondary N) is 2. The summed E-state index contributed by atoms with van der Waals surface area (Å²) in [6.45, 7) is 1.78. The summed E-state index contributed by atoms with van der Waals surface area (Å²) in [4.78, 5) is 0.950. The fraction of sp³-hybridized carbons (Fsp3) is 0.143. The van der Waals surface area contributed by atoms with Gasteiger partial charge in [-0.1, -0.05) is 18.2 Å². The highest BCUT2D eigenvalue weighted by Gasteiger charge is 2.33. The van der Waals surface area contributed by atoms with Gasteiger partial charge in [-0.05, 0) is 42.7 Å². The third-order valence-electron chi connectivity index (χ3n) is 2.68. The maximum atomic E-state index is 12.9. The van der Waals surface area contributed by atoms with Gasteiger partial charge >= 0.3 is 6.18 Å². The molecule has 0 fully saturated rings. The van der Waals surface area contributed by atoms with Crippen molar-refractivity contribution in [3.8, 4) is 0 Å². The summed E-state index contributed by atoms with van der Waals surface area (Å²) in [5.74, 6) is 0. The molecule has 0 saturated heterocycles. The van der Waals surface area contributed by atoms with Crippen LogP contribution in [0.25, 0.3) is 0 Å². The Bertz CT molecular complexity index is 679. The van der Waals surface area contributed by atoms with Gasteiger partial charge in [0.1, 0.15) is 0 Å². The molecular formula is C14H12F3N3S2. The minimum atomic E-state index is -4.45. The molecule has 0 amide bonds. The van der Waals surface area contributed by atoms with Crippen molar-refractivity contribution < 1.29 is 13.2 Å². The van der Waals surface area contributed by atoms with Crippen LogP contribution in [0.2, 0.25) is 0 Å². The first-order valence-corrected chi connectivity index (χ1v) is 7.48. The monoisotopic (exact) mass is 343 g/mol. The van der Waals surface area contributed by atoms with E-state index in [0.717, 1.165) is 10.9 Å². The Balaban J connectivity index is 2.06. The molecule has 2 rings (SSSR count). The van der Waals surface area contributed by atoms with Gasteiger partial charge in [-0.3, -0.25) is 5.43 Å². The van der Waals surface area contributed by atoms with Crippen LogP contribution in [0.15, 0.2) is 46.9 Å². The van der Waals surface area contributed by atoms with E-state index in [4.69, 9.17) is 12.2 Å². The lowest BCUT2D eigenvalue weighted by molar-refractivity contribution is -0.136. The molecule has 116 valence electrons. The number of hydrogen-bond acceptors (Lipinski definition) is 3. The molecule has 0 bridgehead atoms. The number of benzene rings is 1. The van der Waals surface area contributed by atoms with Crippen molar-refractivity contribution in [1.29, 1.82) is 0 Å². The summed E-state index contributed by atoms with van der Waals surface area (Å²) < 4.78 is 38.6. The van der Waals surface area contributed by atoms with Gasteiger partial charge in [0.2, 0.25) is 0 Å². The summed E-state index contributed by atoms with van der Waals surface area (Å²) in [5.41, 5.74) is 2.35. The van der Waals surface area contributed by atoms with Gasteiger partial charge in [-0.2, -0.15) is 18.3 Å². The Kier molecular flexibility index (Phi) is 5.15. The molecule has 0 aliphatic rings. The van der Waals surface area contributed by atoms with Crippen LogP contribution < -0.4 is 10.7 Å². The van der Waals surface area contributed by atoms with Crippen molar-refractivity contribution in [2.24, 2.45) is 5.10 Å². The average molecular weight is 343 g/mol. The molecule has 0 radical (unpaired) electrons. The van der Waals surface area contributed by atoms with Crippen molar-refractivity contribution in [1.82, 2.24) is 5.43 Å². The molecule has 0 saturated carbocycles. The number of hydrazone groups is 1. The topological polar surface area (TPSA) is 36.4 Å². The Morgan fingerprint density at radius 3 is 2.55 bits per heavy atom. The zero-order valence-electron chi connectivity index (χ0n) is 11.4. The molecule has 22 heavy (non-hydrogen) atoms. The number of rotatable bonds is 3. The van der Waals surface area contributed by atoms with Gasteiger partial charge in [-0.25, -0.2) is 0 Å². The number of thiocarbonyl (C=S) groups is 1. The molecule has 0 aliphatic carbocycles. The highest BCUT2D eigenvalue weighted by Crippen LogP contribution is 2.34. The summed E-state index contributed by atoms with van der Waals surface area (Å²) in [6, 6.07) is 8.90. The number of para-hydroxylation sites is 1. The maximum Gasteiger partial charge on any atom is 0.418 e. The van der Waals surface area contributed by atoms with Crippen molar-refractivity contribution in [2.45, 2.75) is 13.1 Å². The van der Waals surface area contributed by atoms with Crippen LogP contribution in [0.1, 0.15) is 17.4 Å². The lowest BCUT2D eigenvalue weighted by Crippen LogP contribution is -2.26. The Morgan fingerprint density at radius 2 is 1.91 bits per heavy atom. The van der Waals surface area contributed by atoms with Crippen LogP contribution in [0.4, 0.5) is 18.9 Å². The average Bonchev–Trinajstić information content (AvgIpc) is 2.98. The first-order valence-electron chi connectivity index (χ1n) is 6.19. The summed E-state index contributed by atoms with van der Waals surface area (Å²) >= 11 is 6.48. The molecule has 3 nitrogen and oxygen atoms in total. The Labute approximate surface area is 134 Å². The molecule has 0 unspecified atom stereocenters. The molecule has 2 aromatic rings. The minimum Gasteiger partial charge on any atom is -0.331 e. The SMILES string of the molecule is C/C(=N/NC(=S)Nc1ccccc1C(F)(F)F)c1cccs1. The number of alkyl halides is 3. The smallest absolute Gasteiger partial charge is 0.331 e. The van der Waals surface area contributed by atoms with Crippen LogP contribution in [-0.2, 0) is 6.18 Å². The summed E-state index contributed by atoms with van der Waals surface area (Å²) in [6.07, 6.45) is -4.45. The molecule has 0 atom stereocenters. The fourth-order valence-corrected chi connectivity index (χ4v) is 2.50. The van der Waals surface area contributed by atoms with Crippen LogP contribution in [0.3, 0.4) is 0 Å². The quantitative estimate of drug-likeness (QED) is 0.490. The zero-order chi connectivity index (χ0) is 16.2. The van der Waals surface area contributed by atoms with E-state index in [0.29, 0.717) is 5.71 Å². The number of nitrogens with zero attached hydrogens (tertiary/aromatic N) is 1. The number of thiophene rings is 1. The van der Waals surface area contributed by atoms with Gasteiger partial charge in [0.15, 0.2) is 5.11 Å². The summed E-state index contributed by atoms with van der Waals surface area (Å²) in [7, 11) is 0. The predicted octanol–water partition coefficient (Wildman–Crippen LogP) is 4.48. The van der Waals surface area contributed by atoms with Crippen molar-refractivity contribution in [3.63, 3.8) is 0 Å². The molecule has 8 heteroatoms. The molecule has 1 aromatic carbocycles. The van der Waals surface area contributed by atoms with E-state index in [1.54, 1.807) is 6.92 Å². The van der Waals surface area contributed by atoms with Gasteiger partial charge in [-0.15, -0.1) is 11.3 Å². The first-order chi connectivity index (χ1) is 10.4. The van der Waals surface area contributed by atoms with Crippen molar-refractivity contribution >= 4 is 40.1 Å². The molecule has 1 aromatic heterocycles. The largest absolute Gasteiger partial charge is 0.418 e. The molecule has 1 heterocycles. The van der Waals surface area contributed by atoms with Gasteiger partial charge < -0.3 is 5.32 Å². The zero-order valence-corrected chi connectivity index (χ0v) is 13.1. The number of hydrogen-bond donors (Lipinski definition) is 2. The van der Waals surface area contributed by atoms with Gasteiger partial charge in [0, 0.05) is 4.88 Å². The summed E-state index contributed by atoms with van der Waals surface area (Å²) in [5, 5.41) is 8.46. The third-order valence-corrected chi connectivity index (χ3v) is 3.86. The van der Waals surface area contributed by atoms with Crippen LogP contribution >= 0.6 is 23.6 Å². The second kappa shape index (κ2) is 6.89. The minimum absolute atomic E-state index is 0.00685. The number of halogens is 3. The van der Waals surface area contributed by atoms with E-state index in [2.05, 4.69) is 15.8 Å². The molecule has 2 N–H and O–H groups in total. The van der Waals surface area contributed by atoms with Gasteiger partial charge in [0.25, 0.3) is 0 Å². The molecule has 0 aliphatic heterocycles. The van der Waals surface area contributed by atoms with E-state index < -0.39 is 11.7 Å². The van der Waals surface area contributed by atoms with Crippen LogP contribution in [0, 0.1) is 0 Å². The number of anilines is 1. The van der Waals surface area contributed by atoms with Crippen molar-refractivity contribution in [3.05, 3.63) is 52.2 Å². The third kappa shape index (κ3) is 4.28. The lowest BCUT2D eigenvalue weighted by atomic mass is 10.2. The predicted molar refractivity (Wildman–Crippen MR) is 87.3 cm³/mol. The highest BCUT2D eigenvalue weighted by atomic mass is 32.1. The van der Waals surface area contributed by atoms with Gasteiger partial charge in [0.05, 0.1) is 17.0 Å². The van der Waals surface area contributed by atoms with E-state index in [1.807, 2.05) is 17.5 Å². The van der Waals surface area contributed by atoms with Crippen LogP contribution in [-0.4, -0.2) is 10.8 Å². The normalized spacial score (nSPS) is 12.1. The second-order valence-corrected chi connectivity index (χ2v) is 5.64. The van der Waals surface area contributed by atoms with Crippen LogP contribution in [0.5, 0.6) is 0 Å². The van der Waals surface area contributed by atoms with E-state index in [9.17, 15) is 13.2 Å². The van der Waals surface area contributed by atoms with E-state index >= 15 is 0 Å². The second-order valence-electron chi connectivity index (χ2n) is 4.28. The maximum absolute atomic E-state index is 12.9. The molecule has 0 spiro atoms.